The minimum Gasteiger partial charge on any atom is -0.353 e. The summed E-state index contributed by atoms with van der Waals surface area (Å²) < 4.78 is 0. The molecule has 8 nitrogen and oxygen atoms in total. The van der Waals surface area contributed by atoms with Gasteiger partial charge in [0.2, 0.25) is 5.91 Å². The van der Waals surface area contributed by atoms with Crippen molar-refractivity contribution in [2.24, 2.45) is 0 Å². The fourth-order valence-electron chi connectivity index (χ4n) is 5.17. The van der Waals surface area contributed by atoms with E-state index in [0.717, 1.165) is 48.6 Å². The monoisotopic (exact) mass is 467 g/mol. The molecule has 2 saturated heterocycles. The van der Waals surface area contributed by atoms with E-state index in [2.05, 4.69) is 33.5 Å². The summed E-state index contributed by atoms with van der Waals surface area (Å²) in [7, 11) is 2.12. The zero-order valence-electron chi connectivity index (χ0n) is 18.8. The Balaban J connectivity index is 1.24. The van der Waals surface area contributed by atoms with Crippen molar-refractivity contribution in [2.45, 2.75) is 24.4 Å². The number of hydrogen-bond acceptors (Lipinski definition) is 6. The number of thiophene rings is 1. The molecule has 33 heavy (non-hydrogen) atoms. The topological polar surface area (TPSA) is 85.0 Å². The molecule has 2 aliphatic heterocycles. The molecule has 1 aromatic heterocycles. The summed E-state index contributed by atoms with van der Waals surface area (Å²) in [6.07, 6.45) is 1.26. The van der Waals surface area contributed by atoms with Crippen LogP contribution in [-0.2, 0) is 21.5 Å². The third-order valence-electron chi connectivity index (χ3n) is 7.07. The van der Waals surface area contributed by atoms with E-state index in [4.69, 9.17) is 0 Å². The van der Waals surface area contributed by atoms with Gasteiger partial charge in [0.25, 0.3) is 5.91 Å². The van der Waals surface area contributed by atoms with Crippen molar-refractivity contribution in [3.63, 3.8) is 0 Å². The number of amides is 4. The number of likely N-dealkylation sites (N-methyl/N-ethyl adjacent to an activating group) is 1. The molecule has 3 heterocycles. The molecule has 4 amide bonds. The zero-order chi connectivity index (χ0) is 23.0. The molecule has 0 unspecified atom stereocenters. The Labute approximate surface area is 197 Å². The standard InChI is InChI=1S/C24H29N5O3S/c1-27-10-12-28(13-11-27)19(20-7-4-14-33-20)15-25-21(30)16-29-22(31)24(26-23(29)32)9-8-17-5-2-3-6-18(17)24/h2-7,14,19H,8-13,15-16H2,1H3,(H,25,30)(H,26,32)/t19-,24-/m0/s1. The van der Waals surface area contributed by atoms with Crippen LogP contribution in [0.2, 0.25) is 0 Å². The van der Waals surface area contributed by atoms with E-state index in [9.17, 15) is 14.4 Å². The normalized spacial score (nSPS) is 24.2. The first-order valence-electron chi connectivity index (χ1n) is 11.4. The molecular formula is C24H29N5O3S. The van der Waals surface area contributed by atoms with Gasteiger partial charge >= 0.3 is 6.03 Å². The summed E-state index contributed by atoms with van der Waals surface area (Å²) in [5, 5.41) is 7.91. The summed E-state index contributed by atoms with van der Waals surface area (Å²) in [4.78, 5) is 45.8. The van der Waals surface area contributed by atoms with Crippen molar-refractivity contribution < 1.29 is 14.4 Å². The van der Waals surface area contributed by atoms with Crippen LogP contribution in [0.15, 0.2) is 41.8 Å². The van der Waals surface area contributed by atoms with Crippen molar-refractivity contribution >= 4 is 29.2 Å². The van der Waals surface area contributed by atoms with Gasteiger partial charge in [-0.05, 0) is 42.5 Å². The van der Waals surface area contributed by atoms with Crippen molar-refractivity contribution in [1.82, 2.24) is 25.3 Å². The van der Waals surface area contributed by atoms with Gasteiger partial charge in [0.05, 0.1) is 6.04 Å². The Hall–Kier alpha value is -2.75. The molecule has 0 bridgehead atoms. The van der Waals surface area contributed by atoms with Crippen molar-refractivity contribution in [1.29, 1.82) is 0 Å². The van der Waals surface area contributed by atoms with E-state index in [1.165, 1.54) is 4.88 Å². The average Bonchev–Trinajstić information content (AvgIpc) is 3.52. The lowest BCUT2D eigenvalue weighted by molar-refractivity contribution is -0.135. The maximum atomic E-state index is 13.3. The summed E-state index contributed by atoms with van der Waals surface area (Å²) in [5.74, 6) is -0.654. The van der Waals surface area contributed by atoms with Crippen LogP contribution in [0, 0.1) is 0 Å². The summed E-state index contributed by atoms with van der Waals surface area (Å²) in [6, 6.07) is 11.4. The number of carbonyl (C=O) groups excluding carboxylic acids is 3. The smallest absolute Gasteiger partial charge is 0.325 e. The molecule has 2 atom stereocenters. The number of piperazine rings is 1. The lowest BCUT2D eigenvalue weighted by Crippen LogP contribution is -2.49. The number of nitrogens with one attached hydrogen (secondary N) is 2. The van der Waals surface area contributed by atoms with Crippen LogP contribution in [-0.4, -0.2) is 78.9 Å². The predicted molar refractivity (Wildman–Crippen MR) is 126 cm³/mol. The first-order chi connectivity index (χ1) is 16.0. The number of fused-ring (bicyclic) bond motifs is 2. The first kappa shape index (κ1) is 22.1. The molecule has 1 aliphatic carbocycles. The number of imide groups is 1. The van der Waals surface area contributed by atoms with E-state index < -0.39 is 11.6 Å². The maximum absolute atomic E-state index is 13.3. The third-order valence-corrected chi connectivity index (χ3v) is 8.04. The number of nitrogens with zero attached hydrogens (tertiary/aromatic N) is 3. The second-order valence-corrected chi connectivity index (χ2v) is 10.0. The van der Waals surface area contributed by atoms with Gasteiger partial charge in [-0.1, -0.05) is 30.3 Å². The van der Waals surface area contributed by atoms with Gasteiger partial charge in [0, 0.05) is 37.6 Å². The number of hydrogen-bond donors (Lipinski definition) is 2. The van der Waals surface area contributed by atoms with E-state index in [0.29, 0.717) is 13.0 Å². The summed E-state index contributed by atoms with van der Waals surface area (Å²) >= 11 is 1.68. The number of benzene rings is 1. The SMILES string of the molecule is CN1CCN([C@@H](CNC(=O)CN2C(=O)N[C@]3(CCc4ccccc43)C2=O)c2cccs2)CC1. The molecule has 0 radical (unpaired) electrons. The fourth-order valence-corrected chi connectivity index (χ4v) is 6.03. The van der Waals surface area contributed by atoms with Gasteiger partial charge in [0.1, 0.15) is 12.1 Å². The maximum Gasteiger partial charge on any atom is 0.325 e. The molecule has 9 heteroatoms. The highest BCUT2D eigenvalue weighted by Gasteiger charge is 2.55. The van der Waals surface area contributed by atoms with Gasteiger partial charge in [-0.25, -0.2) is 4.79 Å². The Morgan fingerprint density at radius 3 is 2.70 bits per heavy atom. The molecule has 2 N–H and O–H groups in total. The van der Waals surface area contributed by atoms with E-state index in [1.807, 2.05) is 35.7 Å². The predicted octanol–water partition coefficient (Wildman–Crippen LogP) is 1.55. The molecule has 0 saturated carbocycles. The van der Waals surface area contributed by atoms with Crippen LogP contribution >= 0.6 is 11.3 Å². The molecule has 2 aromatic rings. The van der Waals surface area contributed by atoms with Crippen molar-refractivity contribution in [3.05, 3.63) is 57.8 Å². The van der Waals surface area contributed by atoms with Crippen LogP contribution in [0.25, 0.3) is 0 Å². The van der Waals surface area contributed by atoms with E-state index in [1.54, 1.807) is 11.3 Å². The van der Waals surface area contributed by atoms with Crippen LogP contribution in [0.4, 0.5) is 4.79 Å². The molecule has 2 fully saturated rings. The van der Waals surface area contributed by atoms with Crippen LogP contribution in [0.5, 0.6) is 0 Å². The summed E-state index contributed by atoms with van der Waals surface area (Å²) in [5.41, 5.74) is 0.885. The van der Waals surface area contributed by atoms with Gasteiger partial charge in [-0.3, -0.25) is 19.4 Å². The van der Waals surface area contributed by atoms with Gasteiger partial charge in [-0.15, -0.1) is 11.3 Å². The first-order valence-corrected chi connectivity index (χ1v) is 12.3. The largest absolute Gasteiger partial charge is 0.353 e. The average molecular weight is 468 g/mol. The van der Waals surface area contributed by atoms with Gasteiger partial charge < -0.3 is 15.5 Å². The molecule has 5 rings (SSSR count). The highest BCUT2D eigenvalue weighted by atomic mass is 32.1. The van der Waals surface area contributed by atoms with E-state index in [-0.39, 0.29) is 24.4 Å². The molecule has 174 valence electrons. The molecular weight excluding hydrogens is 438 g/mol. The second-order valence-electron chi connectivity index (χ2n) is 9.06. The summed E-state index contributed by atoms with van der Waals surface area (Å²) in [6.45, 7) is 4.02. The number of urea groups is 1. The quantitative estimate of drug-likeness (QED) is 0.630. The second kappa shape index (κ2) is 8.89. The minimum absolute atomic E-state index is 0.0822. The Bertz CT molecular complexity index is 1050. The Kier molecular flexibility index (Phi) is 5.94. The van der Waals surface area contributed by atoms with E-state index >= 15 is 0 Å². The van der Waals surface area contributed by atoms with Gasteiger partial charge in [-0.2, -0.15) is 0 Å². The highest BCUT2D eigenvalue weighted by molar-refractivity contribution is 7.10. The minimum atomic E-state index is -1.03. The Morgan fingerprint density at radius 1 is 1.15 bits per heavy atom. The Morgan fingerprint density at radius 2 is 1.94 bits per heavy atom. The fraction of sp³-hybridized carbons (Fsp3) is 0.458. The van der Waals surface area contributed by atoms with Crippen LogP contribution in [0.3, 0.4) is 0 Å². The lowest BCUT2D eigenvalue weighted by Gasteiger charge is -2.37. The van der Waals surface area contributed by atoms with Crippen molar-refractivity contribution in [3.8, 4) is 0 Å². The number of carbonyl (C=O) groups is 3. The molecule has 1 aromatic carbocycles. The zero-order valence-corrected chi connectivity index (χ0v) is 19.6. The number of aryl methyl sites for hydroxylation is 1. The number of rotatable bonds is 6. The molecule has 3 aliphatic rings. The lowest BCUT2D eigenvalue weighted by atomic mass is 9.92. The molecule has 1 spiro atoms. The van der Waals surface area contributed by atoms with Crippen LogP contribution in [0.1, 0.15) is 28.5 Å². The van der Waals surface area contributed by atoms with Gasteiger partial charge in [0.15, 0.2) is 0 Å². The highest BCUT2D eigenvalue weighted by Crippen LogP contribution is 2.41. The van der Waals surface area contributed by atoms with Crippen molar-refractivity contribution in [2.75, 3.05) is 46.3 Å². The van der Waals surface area contributed by atoms with Crippen LogP contribution < -0.4 is 10.6 Å². The third kappa shape index (κ3) is 4.05.